The van der Waals surface area contributed by atoms with Gasteiger partial charge in [0.15, 0.2) is 0 Å². The van der Waals surface area contributed by atoms with Crippen molar-refractivity contribution in [3.05, 3.63) is 29.8 Å². The fourth-order valence-electron chi connectivity index (χ4n) is 3.71. The first kappa shape index (κ1) is 18.9. The molecule has 0 radical (unpaired) electrons. The lowest BCUT2D eigenvalue weighted by molar-refractivity contribution is -0.136. The van der Waals surface area contributed by atoms with Crippen molar-refractivity contribution in [1.82, 2.24) is 10.2 Å². The van der Waals surface area contributed by atoms with E-state index in [1.165, 1.54) is 0 Å². The quantitative estimate of drug-likeness (QED) is 0.806. The number of benzene rings is 1. The summed E-state index contributed by atoms with van der Waals surface area (Å²) in [5.74, 6) is -0.715. The summed E-state index contributed by atoms with van der Waals surface area (Å²) >= 11 is 0. The third kappa shape index (κ3) is 5.29. The van der Waals surface area contributed by atoms with Gasteiger partial charge in [-0.25, -0.2) is 0 Å². The molecule has 6 heteroatoms. The molecule has 0 unspecified atom stereocenters. The number of likely N-dealkylation sites (tertiary alicyclic amines) is 1. The van der Waals surface area contributed by atoms with Crippen LogP contribution in [0.3, 0.4) is 0 Å². The number of nitrogens with zero attached hydrogens (tertiary/aromatic N) is 1. The Morgan fingerprint density at radius 3 is 2.35 bits per heavy atom. The van der Waals surface area contributed by atoms with Crippen molar-refractivity contribution in [1.29, 1.82) is 0 Å². The van der Waals surface area contributed by atoms with Crippen LogP contribution in [0.25, 0.3) is 0 Å². The van der Waals surface area contributed by atoms with E-state index >= 15 is 0 Å². The van der Waals surface area contributed by atoms with E-state index in [0.29, 0.717) is 24.2 Å². The molecule has 2 fully saturated rings. The minimum absolute atomic E-state index is 0.446. The first-order chi connectivity index (χ1) is 12.6. The van der Waals surface area contributed by atoms with Crippen LogP contribution in [0.5, 0.6) is 0 Å². The van der Waals surface area contributed by atoms with Gasteiger partial charge < -0.3 is 20.3 Å². The molecule has 26 heavy (non-hydrogen) atoms. The van der Waals surface area contributed by atoms with Gasteiger partial charge in [0.25, 0.3) is 0 Å². The Morgan fingerprint density at radius 2 is 1.69 bits per heavy atom. The van der Waals surface area contributed by atoms with Crippen molar-refractivity contribution < 1.29 is 14.3 Å². The largest absolute Gasteiger partial charge is 0.381 e. The lowest BCUT2D eigenvalue weighted by Crippen LogP contribution is -2.46. The van der Waals surface area contributed by atoms with Gasteiger partial charge in [-0.05, 0) is 63.7 Å². The number of hydrogen-bond acceptors (Lipinski definition) is 4. The third-order valence-corrected chi connectivity index (χ3v) is 5.42. The van der Waals surface area contributed by atoms with Crippen LogP contribution in [0.15, 0.2) is 24.3 Å². The molecule has 0 aromatic heterocycles. The summed E-state index contributed by atoms with van der Waals surface area (Å²) in [5, 5.41) is 5.42. The zero-order valence-electron chi connectivity index (χ0n) is 15.5. The van der Waals surface area contributed by atoms with E-state index in [4.69, 9.17) is 4.74 Å². The van der Waals surface area contributed by atoms with Crippen LogP contribution in [-0.4, -0.2) is 55.6 Å². The fraction of sp³-hybridized carbons (Fsp3) is 0.600. The van der Waals surface area contributed by atoms with Crippen molar-refractivity contribution in [3.63, 3.8) is 0 Å². The lowest BCUT2D eigenvalue weighted by atomic mass is 9.94. The molecule has 6 nitrogen and oxygen atoms in total. The van der Waals surface area contributed by atoms with Crippen molar-refractivity contribution in [2.24, 2.45) is 5.92 Å². The van der Waals surface area contributed by atoms with Gasteiger partial charge in [0.1, 0.15) is 0 Å². The SMILES string of the molecule is Cc1ccc(NC(=O)C(=O)NCC2CCN(C3CCOCC3)CC2)cc1. The zero-order chi connectivity index (χ0) is 18.4. The highest BCUT2D eigenvalue weighted by Crippen LogP contribution is 2.22. The first-order valence-electron chi connectivity index (χ1n) is 9.59. The Morgan fingerprint density at radius 1 is 1.04 bits per heavy atom. The van der Waals surface area contributed by atoms with Crippen LogP contribution in [0.2, 0.25) is 0 Å². The summed E-state index contributed by atoms with van der Waals surface area (Å²) in [6, 6.07) is 8.05. The highest BCUT2D eigenvalue weighted by atomic mass is 16.5. The molecule has 2 N–H and O–H groups in total. The second-order valence-corrected chi connectivity index (χ2v) is 7.35. The molecule has 3 rings (SSSR count). The van der Waals surface area contributed by atoms with E-state index in [1.54, 1.807) is 12.1 Å². The van der Waals surface area contributed by atoms with E-state index in [1.807, 2.05) is 19.1 Å². The molecule has 0 bridgehead atoms. The molecule has 0 saturated carbocycles. The number of amides is 2. The molecule has 0 atom stereocenters. The molecule has 2 saturated heterocycles. The maximum atomic E-state index is 12.0. The number of carbonyl (C=O) groups excluding carboxylic acids is 2. The van der Waals surface area contributed by atoms with E-state index < -0.39 is 11.8 Å². The molecule has 2 heterocycles. The van der Waals surface area contributed by atoms with Crippen molar-refractivity contribution >= 4 is 17.5 Å². The maximum Gasteiger partial charge on any atom is 0.313 e. The number of ether oxygens (including phenoxy) is 1. The summed E-state index contributed by atoms with van der Waals surface area (Å²) < 4.78 is 5.44. The molecule has 2 aliphatic heterocycles. The van der Waals surface area contributed by atoms with E-state index in [-0.39, 0.29) is 0 Å². The van der Waals surface area contributed by atoms with Crippen LogP contribution in [0.4, 0.5) is 5.69 Å². The van der Waals surface area contributed by atoms with Gasteiger partial charge in [-0.15, -0.1) is 0 Å². The van der Waals surface area contributed by atoms with Crippen LogP contribution in [0.1, 0.15) is 31.2 Å². The number of nitrogens with one attached hydrogen (secondary N) is 2. The Hall–Kier alpha value is -1.92. The smallest absolute Gasteiger partial charge is 0.313 e. The average molecular weight is 359 g/mol. The summed E-state index contributed by atoms with van der Waals surface area (Å²) in [4.78, 5) is 26.6. The maximum absolute atomic E-state index is 12.0. The topological polar surface area (TPSA) is 70.7 Å². The normalized spacial score (nSPS) is 19.9. The predicted octanol–water partition coefficient (Wildman–Crippen LogP) is 1.94. The van der Waals surface area contributed by atoms with Crippen molar-refractivity contribution in [3.8, 4) is 0 Å². The molecule has 0 aliphatic carbocycles. The molecule has 1 aromatic rings. The number of rotatable bonds is 4. The second kappa shape index (κ2) is 9.14. The van der Waals surface area contributed by atoms with Gasteiger partial charge in [0.2, 0.25) is 0 Å². The number of anilines is 1. The molecular formula is C20H29N3O3. The molecule has 2 aliphatic rings. The van der Waals surface area contributed by atoms with Crippen LogP contribution in [-0.2, 0) is 14.3 Å². The number of piperidine rings is 1. The highest BCUT2D eigenvalue weighted by Gasteiger charge is 2.27. The van der Waals surface area contributed by atoms with Gasteiger partial charge >= 0.3 is 11.8 Å². The molecule has 0 spiro atoms. The number of carbonyl (C=O) groups is 2. The Labute approximate surface area is 155 Å². The van der Waals surface area contributed by atoms with Gasteiger partial charge in [0, 0.05) is 31.5 Å². The predicted molar refractivity (Wildman–Crippen MR) is 101 cm³/mol. The summed E-state index contributed by atoms with van der Waals surface area (Å²) in [7, 11) is 0. The van der Waals surface area contributed by atoms with Gasteiger partial charge in [-0.3, -0.25) is 9.59 Å². The third-order valence-electron chi connectivity index (χ3n) is 5.42. The van der Waals surface area contributed by atoms with Crippen LogP contribution < -0.4 is 10.6 Å². The number of hydrogen-bond donors (Lipinski definition) is 2. The lowest BCUT2D eigenvalue weighted by Gasteiger charge is -2.39. The van der Waals surface area contributed by atoms with Crippen molar-refractivity contribution in [2.75, 3.05) is 38.2 Å². The first-order valence-corrected chi connectivity index (χ1v) is 9.59. The van der Waals surface area contributed by atoms with E-state index in [2.05, 4.69) is 15.5 Å². The fourth-order valence-corrected chi connectivity index (χ4v) is 3.71. The molecule has 2 amide bonds. The van der Waals surface area contributed by atoms with Crippen molar-refractivity contribution in [2.45, 2.75) is 38.6 Å². The van der Waals surface area contributed by atoms with Gasteiger partial charge in [-0.1, -0.05) is 17.7 Å². The van der Waals surface area contributed by atoms with Gasteiger partial charge in [-0.2, -0.15) is 0 Å². The highest BCUT2D eigenvalue weighted by molar-refractivity contribution is 6.39. The van der Waals surface area contributed by atoms with E-state index in [9.17, 15) is 9.59 Å². The molecular weight excluding hydrogens is 330 g/mol. The summed E-state index contributed by atoms with van der Waals surface area (Å²) in [6.07, 6.45) is 4.38. The van der Waals surface area contributed by atoms with E-state index in [0.717, 1.165) is 57.6 Å². The zero-order valence-corrected chi connectivity index (χ0v) is 15.5. The Balaban J connectivity index is 1.36. The Bertz CT molecular complexity index is 603. The number of aryl methyl sites for hydroxylation is 1. The van der Waals surface area contributed by atoms with Crippen LogP contribution in [0, 0.1) is 12.8 Å². The minimum atomic E-state index is -0.603. The monoisotopic (exact) mass is 359 g/mol. The Kier molecular flexibility index (Phi) is 6.63. The molecule has 142 valence electrons. The second-order valence-electron chi connectivity index (χ2n) is 7.35. The average Bonchev–Trinajstić information content (AvgIpc) is 2.69. The molecule has 1 aromatic carbocycles. The standard InChI is InChI=1S/C20H29N3O3/c1-15-2-4-17(5-3-15)22-20(25)19(24)21-14-16-6-10-23(11-7-16)18-8-12-26-13-9-18/h2-5,16,18H,6-14H2,1H3,(H,21,24)(H,22,25). The van der Waals surface area contributed by atoms with Crippen LogP contribution >= 0.6 is 0 Å². The summed E-state index contributed by atoms with van der Waals surface area (Å²) in [5.41, 5.74) is 1.75. The minimum Gasteiger partial charge on any atom is -0.381 e. The summed E-state index contributed by atoms with van der Waals surface area (Å²) in [6.45, 7) is 6.43. The van der Waals surface area contributed by atoms with Gasteiger partial charge in [0.05, 0.1) is 0 Å².